The Labute approximate surface area is 157 Å². The number of ether oxygens (including phenoxy) is 3. The van der Waals surface area contributed by atoms with Crippen LogP contribution in [0.3, 0.4) is 0 Å². The molecule has 4 N–H and O–H groups in total. The van der Waals surface area contributed by atoms with E-state index < -0.39 is 24.0 Å². The molecule has 9 heteroatoms. The van der Waals surface area contributed by atoms with Gasteiger partial charge in [0.1, 0.15) is 13.2 Å². The number of carbonyl (C=O) groups excluding carboxylic acids is 3. The molecule has 1 heterocycles. The van der Waals surface area contributed by atoms with Gasteiger partial charge in [-0.3, -0.25) is 9.59 Å². The van der Waals surface area contributed by atoms with Crippen molar-refractivity contribution in [3.8, 4) is 11.5 Å². The van der Waals surface area contributed by atoms with Gasteiger partial charge in [0, 0.05) is 24.7 Å². The lowest BCUT2D eigenvalue weighted by Gasteiger charge is -2.19. The Bertz CT molecular complexity index is 679. The van der Waals surface area contributed by atoms with Crippen molar-refractivity contribution in [2.45, 2.75) is 38.7 Å². The number of anilines is 1. The molecule has 2 rings (SSSR count). The number of unbranched alkanes of at least 4 members (excludes halogenated alkanes) is 2. The lowest BCUT2D eigenvalue weighted by molar-refractivity contribution is -0.153. The van der Waals surface area contributed by atoms with Crippen molar-refractivity contribution in [1.82, 2.24) is 5.32 Å². The number of benzene rings is 1. The molecule has 27 heavy (non-hydrogen) atoms. The Morgan fingerprint density at radius 2 is 1.89 bits per heavy atom. The first-order valence-electron chi connectivity index (χ1n) is 8.89. The van der Waals surface area contributed by atoms with Crippen LogP contribution >= 0.6 is 0 Å². The summed E-state index contributed by atoms with van der Waals surface area (Å²) in [6.07, 6.45) is 1.36. The van der Waals surface area contributed by atoms with Gasteiger partial charge in [-0.05, 0) is 31.9 Å². The number of amides is 3. The summed E-state index contributed by atoms with van der Waals surface area (Å²) in [5.41, 5.74) is 5.49. The zero-order valence-corrected chi connectivity index (χ0v) is 15.3. The normalized spacial score (nSPS) is 13.4. The zero-order valence-electron chi connectivity index (χ0n) is 15.3. The van der Waals surface area contributed by atoms with Crippen molar-refractivity contribution < 1.29 is 28.6 Å². The number of urea groups is 1. The van der Waals surface area contributed by atoms with Gasteiger partial charge in [0.15, 0.2) is 17.6 Å². The monoisotopic (exact) mass is 379 g/mol. The highest BCUT2D eigenvalue weighted by molar-refractivity contribution is 5.95. The summed E-state index contributed by atoms with van der Waals surface area (Å²) in [7, 11) is 0. The van der Waals surface area contributed by atoms with Crippen LogP contribution in [0.2, 0.25) is 0 Å². The van der Waals surface area contributed by atoms with E-state index in [-0.39, 0.29) is 6.42 Å². The van der Waals surface area contributed by atoms with Crippen LogP contribution in [0.15, 0.2) is 18.2 Å². The van der Waals surface area contributed by atoms with Crippen molar-refractivity contribution in [2.75, 3.05) is 25.1 Å². The SMILES string of the molecule is C[C@H](OC(=O)CCCCCNC(N)=O)C(=O)Nc1ccc2c(c1)OCCO2. The third kappa shape index (κ3) is 7.04. The molecule has 0 aromatic heterocycles. The minimum Gasteiger partial charge on any atom is -0.486 e. The van der Waals surface area contributed by atoms with E-state index in [1.807, 2.05) is 0 Å². The third-order valence-corrected chi connectivity index (χ3v) is 3.84. The molecule has 9 nitrogen and oxygen atoms in total. The van der Waals surface area contributed by atoms with Crippen LogP contribution in [0, 0.1) is 0 Å². The van der Waals surface area contributed by atoms with E-state index in [1.54, 1.807) is 18.2 Å². The molecular formula is C18H25N3O6. The van der Waals surface area contributed by atoms with Gasteiger partial charge in [-0.25, -0.2) is 4.79 Å². The Hall–Kier alpha value is -2.97. The average molecular weight is 379 g/mol. The van der Waals surface area contributed by atoms with Crippen molar-refractivity contribution >= 4 is 23.6 Å². The maximum atomic E-state index is 12.2. The molecular weight excluding hydrogens is 354 g/mol. The minimum absolute atomic E-state index is 0.207. The molecule has 0 radical (unpaired) electrons. The van der Waals surface area contributed by atoms with Crippen LogP contribution in [0.25, 0.3) is 0 Å². The number of esters is 1. The minimum atomic E-state index is -0.915. The largest absolute Gasteiger partial charge is 0.486 e. The summed E-state index contributed by atoms with van der Waals surface area (Å²) >= 11 is 0. The molecule has 0 saturated heterocycles. The fourth-order valence-corrected chi connectivity index (χ4v) is 2.46. The van der Waals surface area contributed by atoms with Crippen LogP contribution in [0.4, 0.5) is 10.5 Å². The van der Waals surface area contributed by atoms with Crippen molar-refractivity contribution in [3.05, 3.63) is 18.2 Å². The molecule has 1 aliphatic rings. The smallest absolute Gasteiger partial charge is 0.312 e. The number of hydrogen-bond acceptors (Lipinski definition) is 6. The van der Waals surface area contributed by atoms with Gasteiger partial charge in [-0.15, -0.1) is 0 Å². The van der Waals surface area contributed by atoms with Gasteiger partial charge in [-0.1, -0.05) is 6.42 Å². The maximum absolute atomic E-state index is 12.2. The summed E-state index contributed by atoms with van der Waals surface area (Å²) in [5, 5.41) is 5.16. The first kappa shape index (κ1) is 20.3. The Morgan fingerprint density at radius 1 is 1.15 bits per heavy atom. The number of fused-ring (bicyclic) bond motifs is 1. The number of nitrogens with two attached hydrogens (primary N) is 1. The van der Waals surface area contributed by atoms with Gasteiger partial charge >= 0.3 is 12.0 Å². The molecule has 3 amide bonds. The van der Waals surface area contributed by atoms with Gasteiger partial charge in [0.2, 0.25) is 0 Å². The summed E-state index contributed by atoms with van der Waals surface area (Å²) in [6, 6.07) is 4.52. The Kier molecular flexibility index (Phi) is 7.72. The van der Waals surface area contributed by atoms with Gasteiger partial charge < -0.3 is 30.6 Å². The number of primary amides is 1. The molecule has 1 aromatic rings. The maximum Gasteiger partial charge on any atom is 0.312 e. The third-order valence-electron chi connectivity index (χ3n) is 3.84. The predicted molar refractivity (Wildman–Crippen MR) is 97.7 cm³/mol. The van der Waals surface area contributed by atoms with E-state index in [2.05, 4.69) is 10.6 Å². The molecule has 1 aromatic carbocycles. The topological polar surface area (TPSA) is 129 Å². The van der Waals surface area contributed by atoms with E-state index in [0.29, 0.717) is 43.4 Å². The fraction of sp³-hybridized carbons (Fsp3) is 0.500. The van der Waals surface area contributed by atoms with Crippen molar-refractivity contribution in [2.24, 2.45) is 5.73 Å². The first-order valence-corrected chi connectivity index (χ1v) is 8.89. The summed E-state index contributed by atoms with van der Waals surface area (Å²) in [5.74, 6) is 0.327. The highest BCUT2D eigenvalue weighted by atomic mass is 16.6. The quantitative estimate of drug-likeness (QED) is 0.441. The number of nitrogens with one attached hydrogen (secondary N) is 2. The van der Waals surface area contributed by atoms with Gasteiger partial charge in [0.05, 0.1) is 0 Å². The Morgan fingerprint density at radius 3 is 2.63 bits per heavy atom. The molecule has 0 spiro atoms. The second kappa shape index (κ2) is 10.2. The number of carbonyl (C=O) groups is 3. The van der Waals surface area contributed by atoms with E-state index in [0.717, 1.165) is 12.8 Å². The van der Waals surface area contributed by atoms with Crippen LogP contribution < -0.4 is 25.8 Å². The standard InChI is InChI=1S/C18H25N3O6/c1-12(27-16(22)5-3-2-4-8-20-18(19)24)17(23)21-13-6-7-14-15(11-13)26-10-9-25-14/h6-7,11-12H,2-5,8-10H2,1H3,(H,21,23)(H3,19,20,24)/t12-/m0/s1. The van der Waals surface area contributed by atoms with E-state index >= 15 is 0 Å². The van der Waals surface area contributed by atoms with Crippen molar-refractivity contribution in [3.63, 3.8) is 0 Å². The predicted octanol–water partition coefficient (Wildman–Crippen LogP) is 1.56. The van der Waals surface area contributed by atoms with Crippen LogP contribution in [-0.4, -0.2) is 43.8 Å². The van der Waals surface area contributed by atoms with Gasteiger partial charge in [-0.2, -0.15) is 0 Å². The molecule has 0 fully saturated rings. The average Bonchev–Trinajstić information content (AvgIpc) is 2.64. The summed E-state index contributed by atoms with van der Waals surface area (Å²) < 4.78 is 16.0. The van der Waals surface area contributed by atoms with Crippen molar-refractivity contribution in [1.29, 1.82) is 0 Å². The fourth-order valence-electron chi connectivity index (χ4n) is 2.46. The van der Waals surface area contributed by atoms with E-state index in [9.17, 15) is 14.4 Å². The number of hydrogen-bond donors (Lipinski definition) is 3. The zero-order chi connectivity index (χ0) is 19.6. The van der Waals surface area contributed by atoms with Gasteiger partial charge in [0.25, 0.3) is 5.91 Å². The first-order chi connectivity index (χ1) is 13.0. The highest BCUT2D eigenvalue weighted by Crippen LogP contribution is 2.32. The molecule has 0 aliphatic carbocycles. The number of rotatable bonds is 9. The summed E-state index contributed by atoms with van der Waals surface area (Å²) in [6.45, 7) is 2.94. The molecule has 148 valence electrons. The second-order valence-electron chi connectivity index (χ2n) is 6.08. The molecule has 0 saturated carbocycles. The molecule has 1 atom stereocenters. The summed E-state index contributed by atoms with van der Waals surface area (Å²) in [4.78, 5) is 34.5. The van der Waals surface area contributed by atoms with Crippen LogP contribution in [-0.2, 0) is 14.3 Å². The molecule has 0 unspecified atom stereocenters. The molecule has 0 bridgehead atoms. The van der Waals surface area contributed by atoms with Crippen LogP contribution in [0.1, 0.15) is 32.6 Å². The lowest BCUT2D eigenvalue weighted by atomic mass is 10.2. The second-order valence-corrected chi connectivity index (χ2v) is 6.08. The Balaban J connectivity index is 1.68. The molecule has 1 aliphatic heterocycles. The van der Waals surface area contributed by atoms with Crippen LogP contribution in [0.5, 0.6) is 11.5 Å². The van der Waals surface area contributed by atoms with E-state index in [4.69, 9.17) is 19.9 Å². The lowest BCUT2D eigenvalue weighted by Crippen LogP contribution is -2.30. The van der Waals surface area contributed by atoms with E-state index in [1.165, 1.54) is 6.92 Å². The highest BCUT2D eigenvalue weighted by Gasteiger charge is 2.19.